The third-order valence-corrected chi connectivity index (χ3v) is 13.6. The molecule has 0 aliphatic heterocycles. The number of amides is 5. The molecule has 5 atom stereocenters. The van der Waals surface area contributed by atoms with Crippen molar-refractivity contribution in [2.24, 2.45) is 0 Å². The average Bonchev–Trinajstić information content (AvgIpc) is 3.45. The second-order valence-electron chi connectivity index (χ2n) is 19.1. The third kappa shape index (κ3) is 26.7. The lowest BCUT2D eigenvalue weighted by molar-refractivity contribution is -0.149. The zero-order valence-corrected chi connectivity index (χ0v) is 46.2. The first-order valence-corrected chi connectivity index (χ1v) is 28.3. The minimum Gasteiger partial charge on any atom is -0.459 e. The minimum atomic E-state index is -1.34. The number of hydrogen-bond acceptors (Lipinski definition) is 13. The van der Waals surface area contributed by atoms with Crippen molar-refractivity contribution in [3.05, 3.63) is 144 Å². The van der Waals surface area contributed by atoms with E-state index in [-0.39, 0.29) is 56.7 Å². The molecular weight excluding hydrogens is 1010 g/mol. The van der Waals surface area contributed by atoms with Gasteiger partial charge in [0.25, 0.3) is 0 Å². The van der Waals surface area contributed by atoms with Gasteiger partial charge in [0.15, 0.2) is 0 Å². The van der Waals surface area contributed by atoms with E-state index in [9.17, 15) is 38.4 Å². The van der Waals surface area contributed by atoms with E-state index in [0.29, 0.717) is 23.1 Å². The number of carbonyl (C=O) groups is 8. The van der Waals surface area contributed by atoms with Crippen molar-refractivity contribution in [2.45, 2.75) is 167 Å². The summed E-state index contributed by atoms with van der Waals surface area (Å²) in [4.78, 5) is 108. The van der Waals surface area contributed by atoms with Crippen LogP contribution in [0.15, 0.2) is 121 Å². The summed E-state index contributed by atoms with van der Waals surface area (Å²) in [5.74, 6) is -5.12. The molecule has 0 saturated heterocycles. The van der Waals surface area contributed by atoms with Crippen LogP contribution in [0.25, 0.3) is 0 Å². The molecule has 0 heterocycles. The molecule has 4 aromatic carbocycles. The van der Waals surface area contributed by atoms with Crippen LogP contribution in [0.4, 0.5) is 4.79 Å². The maximum atomic E-state index is 14.0. The molecule has 0 bridgehead atoms. The molecule has 0 radical (unpaired) electrons. The third-order valence-electron chi connectivity index (χ3n) is 12.4. The number of thioether (sulfide) groups is 1. The van der Waals surface area contributed by atoms with Crippen LogP contribution in [0.5, 0.6) is 0 Å². The highest BCUT2D eigenvalue weighted by Gasteiger charge is 2.30. The van der Waals surface area contributed by atoms with Gasteiger partial charge in [0, 0.05) is 24.3 Å². The van der Waals surface area contributed by atoms with Crippen molar-refractivity contribution in [2.75, 3.05) is 11.5 Å². The molecule has 0 unspecified atom stereocenters. The van der Waals surface area contributed by atoms with Gasteiger partial charge in [-0.2, -0.15) is 11.8 Å². The Bertz CT molecular complexity index is 2420. The highest BCUT2D eigenvalue weighted by molar-refractivity contribution is 7.99. The van der Waals surface area contributed by atoms with Gasteiger partial charge < -0.3 is 45.5 Å². The SMILES string of the molecule is CCCCCCCCCCCCCC(=O)N[C@@H](C)C(=O)N[C@H](CCC(=O)N[C@H](CSC[C@H](NC(=O)OCc1ccccc1)C(=O)OCc1ccccc1)C(=O)N[C@H](C)C(=O)OCc1ccccc1)C(=O)OCc1ccccc1. The Morgan fingerprint density at radius 2 is 0.808 bits per heavy atom. The number of hydrogen-bond donors (Lipinski definition) is 5. The molecule has 0 aromatic heterocycles. The van der Waals surface area contributed by atoms with Crippen LogP contribution in [0.3, 0.4) is 0 Å². The van der Waals surface area contributed by atoms with Crippen molar-refractivity contribution in [1.82, 2.24) is 26.6 Å². The van der Waals surface area contributed by atoms with Gasteiger partial charge in [0.05, 0.1) is 0 Å². The second-order valence-corrected chi connectivity index (χ2v) is 20.2. The number of benzene rings is 4. The fourth-order valence-electron chi connectivity index (χ4n) is 7.86. The van der Waals surface area contributed by atoms with Crippen molar-refractivity contribution >= 4 is 59.4 Å². The number of nitrogens with one attached hydrogen (secondary N) is 5. The molecule has 0 fully saturated rings. The maximum absolute atomic E-state index is 14.0. The van der Waals surface area contributed by atoms with Crippen LogP contribution in [0, 0.1) is 0 Å². The molecular formula is C60H79N5O12S. The van der Waals surface area contributed by atoms with E-state index in [1.807, 2.05) is 24.3 Å². The Hall–Kier alpha value is -7.21. The van der Waals surface area contributed by atoms with Crippen molar-refractivity contribution in [3.63, 3.8) is 0 Å². The molecule has 422 valence electrons. The highest BCUT2D eigenvalue weighted by Crippen LogP contribution is 2.15. The average molecular weight is 1090 g/mol. The Labute approximate surface area is 463 Å². The van der Waals surface area contributed by atoms with Crippen LogP contribution in [0.2, 0.25) is 0 Å². The van der Waals surface area contributed by atoms with E-state index in [4.69, 9.17) is 18.9 Å². The normalized spacial score (nSPS) is 12.8. The summed E-state index contributed by atoms with van der Waals surface area (Å²) in [6.45, 7) is 4.82. The predicted molar refractivity (Wildman–Crippen MR) is 299 cm³/mol. The van der Waals surface area contributed by atoms with Gasteiger partial charge in [0.2, 0.25) is 23.6 Å². The molecule has 5 amide bonds. The molecule has 78 heavy (non-hydrogen) atoms. The van der Waals surface area contributed by atoms with Gasteiger partial charge in [-0.05, 0) is 48.9 Å². The molecule has 5 N–H and O–H groups in total. The summed E-state index contributed by atoms with van der Waals surface area (Å²) in [5, 5.41) is 13.2. The Morgan fingerprint density at radius 1 is 0.397 bits per heavy atom. The van der Waals surface area contributed by atoms with Gasteiger partial charge in [-0.15, -0.1) is 0 Å². The first kappa shape index (κ1) is 63.3. The van der Waals surface area contributed by atoms with Crippen LogP contribution in [-0.4, -0.2) is 89.3 Å². The molecule has 0 aliphatic carbocycles. The zero-order valence-electron chi connectivity index (χ0n) is 45.4. The summed E-state index contributed by atoms with van der Waals surface area (Å²) in [5.41, 5.74) is 2.84. The fourth-order valence-corrected chi connectivity index (χ4v) is 8.93. The first-order valence-electron chi connectivity index (χ1n) is 27.2. The Balaban J connectivity index is 1.41. The molecule has 17 nitrogen and oxygen atoms in total. The number of unbranched alkanes of at least 4 members (excludes halogenated alkanes) is 10. The summed E-state index contributed by atoms with van der Waals surface area (Å²) < 4.78 is 22.0. The van der Waals surface area contributed by atoms with Gasteiger partial charge >= 0.3 is 24.0 Å². The van der Waals surface area contributed by atoms with Crippen LogP contribution in [-0.2, 0) is 78.9 Å². The summed E-state index contributed by atoms with van der Waals surface area (Å²) >= 11 is 1.02. The zero-order chi connectivity index (χ0) is 56.2. The fraction of sp³-hybridized carbons (Fsp3) is 0.467. The van der Waals surface area contributed by atoms with E-state index >= 15 is 0 Å². The van der Waals surface area contributed by atoms with Crippen LogP contribution < -0.4 is 26.6 Å². The second kappa shape index (κ2) is 37.5. The molecule has 4 aromatic rings. The lowest BCUT2D eigenvalue weighted by Crippen LogP contribution is -2.53. The van der Waals surface area contributed by atoms with Gasteiger partial charge in [-0.1, -0.05) is 192 Å². The predicted octanol–water partition coefficient (Wildman–Crippen LogP) is 8.71. The largest absolute Gasteiger partial charge is 0.459 e. The van der Waals surface area contributed by atoms with Gasteiger partial charge in [-0.25, -0.2) is 19.2 Å². The molecule has 0 saturated carbocycles. The first-order chi connectivity index (χ1) is 37.8. The summed E-state index contributed by atoms with van der Waals surface area (Å²) in [6.07, 6.45) is 11.2. The maximum Gasteiger partial charge on any atom is 0.408 e. The van der Waals surface area contributed by atoms with Crippen molar-refractivity contribution < 1.29 is 57.3 Å². The Kier molecular flexibility index (Phi) is 30.5. The molecule has 18 heteroatoms. The minimum absolute atomic E-state index is 0.0471. The van der Waals surface area contributed by atoms with Crippen molar-refractivity contribution in [1.29, 1.82) is 0 Å². The lowest BCUT2D eigenvalue weighted by Gasteiger charge is -2.23. The van der Waals surface area contributed by atoms with Gasteiger partial charge in [-0.3, -0.25) is 19.2 Å². The van der Waals surface area contributed by atoms with Crippen LogP contribution in [0.1, 0.15) is 133 Å². The lowest BCUT2D eigenvalue weighted by atomic mass is 10.1. The Morgan fingerprint density at radius 3 is 1.29 bits per heavy atom. The number of rotatable bonds is 37. The standard InChI is InChI=1S/C60H79N5O12S/c1-4-5-6-7-8-9-10-11-12-13-26-35-53(66)61-44(2)55(68)64-50(58(71)75-39-47-29-20-15-21-30-47)36-37-54(67)63-51(56(69)62-45(3)57(70)74-38-46-27-18-14-19-28-46)42-78-43-52(59(72)76-40-48-31-22-16-23-32-48)65-60(73)77-41-49-33-24-17-25-34-49/h14-25,27-34,44-45,50-52H,4-13,26,35-43H2,1-3H3,(H,61,66)(H,62,69)(H,63,67)(H,64,68)(H,65,73)/t44-,45+,50+,51+,52-/m0/s1. The van der Waals surface area contributed by atoms with Crippen molar-refractivity contribution in [3.8, 4) is 0 Å². The summed E-state index contributed by atoms with van der Waals surface area (Å²) in [6, 6.07) is 29.6. The molecule has 0 spiro atoms. The summed E-state index contributed by atoms with van der Waals surface area (Å²) in [7, 11) is 0. The van der Waals surface area contributed by atoms with E-state index in [0.717, 1.165) is 36.6 Å². The molecule has 4 rings (SSSR count). The van der Waals surface area contributed by atoms with Gasteiger partial charge in [0.1, 0.15) is 56.6 Å². The van der Waals surface area contributed by atoms with Crippen LogP contribution >= 0.6 is 11.8 Å². The van der Waals surface area contributed by atoms with E-state index in [1.54, 1.807) is 97.1 Å². The number of carbonyl (C=O) groups excluding carboxylic acids is 8. The quantitative estimate of drug-likeness (QED) is 0.0162. The number of ether oxygens (including phenoxy) is 4. The van der Waals surface area contributed by atoms with E-state index in [2.05, 4.69) is 33.5 Å². The smallest absolute Gasteiger partial charge is 0.408 e. The molecule has 0 aliphatic rings. The van der Waals surface area contributed by atoms with E-state index in [1.165, 1.54) is 58.8 Å². The monoisotopic (exact) mass is 1090 g/mol. The number of esters is 3. The topological polar surface area (TPSA) is 234 Å². The highest BCUT2D eigenvalue weighted by atomic mass is 32.2. The van der Waals surface area contributed by atoms with E-state index < -0.39 is 78.4 Å². The number of alkyl carbamates (subject to hydrolysis) is 1.